The highest BCUT2D eigenvalue weighted by atomic mass is 32.1. The summed E-state index contributed by atoms with van der Waals surface area (Å²) in [5.41, 5.74) is 11.8. The molecule has 49 heavy (non-hydrogen) atoms. The summed E-state index contributed by atoms with van der Waals surface area (Å²) in [4.78, 5) is 13.9. The SMILES string of the molecule is Cc1ccc2c3c(ccc2n1)NC(c1cccc2c1sc1nc(CC4CCCC4)ccc12)N3c1ccc(-c2ccccc2)cc1C(C)(C)C. The number of benzene rings is 4. The third kappa shape index (κ3) is 5.27. The molecule has 4 aromatic carbocycles. The fourth-order valence-corrected chi connectivity index (χ4v) is 9.45. The van der Waals surface area contributed by atoms with Crippen LogP contribution in [-0.4, -0.2) is 9.97 Å². The van der Waals surface area contributed by atoms with Gasteiger partial charge in [0.2, 0.25) is 0 Å². The van der Waals surface area contributed by atoms with E-state index in [0.29, 0.717) is 0 Å². The monoisotopic (exact) mass is 658 g/mol. The Kier molecular flexibility index (Phi) is 7.24. The lowest BCUT2D eigenvalue weighted by Gasteiger charge is -2.34. The lowest BCUT2D eigenvalue weighted by molar-refractivity contribution is 0.540. The van der Waals surface area contributed by atoms with Crippen LogP contribution in [0.15, 0.2) is 103 Å². The van der Waals surface area contributed by atoms with Crippen molar-refractivity contribution in [2.45, 2.75) is 71.4 Å². The van der Waals surface area contributed by atoms with Crippen molar-refractivity contribution >= 4 is 59.6 Å². The average molecular weight is 659 g/mol. The van der Waals surface area contributed by atoms with E-state index in [1.807, 2.05) is 11.3 Å². The molecular formula is C44H42N4S. The second-order valence-electron chi connectivity index (χ2n) is 15.1. The molecule has 0 bridgehead atoms. The Hall–Kier alpha value is -4.74. The number of hydrogen-bond acceptors (Lipinski definition) is 5. The number of nitrogens with one attached hydrogen (secondary N) is 1. The molecule has 1 aliphatic heterocycles. The van der Waals surface area contributed by atoms with Gasteiger partial charge in [-0.05, 0) is 89.9 Å². The Labute approximate surface area is 292 Å². The summed E-state index contributed by atoms with van der Waals surface area (Å²) in [6.45, 7) is 9.06. The predicted molar refractivity (Wildman–Crippen MR) is 208 cm³/mol. The van der Waals surface area contributed by atoms with Crippen LogP contribution in [0.2, 0.25) is 0 Å². The van der Waals surface area contributed by atoms with Gasteiger partial charge in [-0.15, -0.1) is 11.3 Å². The maximum atomic E-state index is 5.27. The van der Waals surface area contributed by atoms with Crippen LogP contribution in [0.1, 0.15) is 75.1 Å². The number of aromatic nitrogens is 2. The highest BCUT2D eigenvalue weighted by Gasteiger charge is 2.37. The number of fused-ring (bicyclic) bond motifs is 6. The summed E-state index contributed by atoms with van der Waals surface area (Å²) in [5, 5.41) is 7.71. The van der Waals surface area contributed by atoms with Crippen molar-refractivity contribution in [1.82, 2.24) is 9.97 Å². The molecular weight excluding hydrogens is 617 g/mol. The molecule has 7 aromatic rings. The third-order valence-electron chi connectivity index (χ3n) is 10.7. The fraction of sp³-hybridized carbons (Fsp3) is 0.273. The number of pyridine rings is 2. The first kappa shape index (κ1) is 30.3. The molecule has 2 aliphatic rings. The van der Waals surface area contributed by atoms with Crippen LogP contribution in [0, 0.1) is 12.8 Å². The van der Waals surface area contributed by atoms with Gasteiger partial charge in [-0.3, -0.25) is 4.98 Å². The fourth-order valence-electron chi connectivity index (χ4n) is 8.22. The van der Waals surface area contributed by atoms with Crippen molar-refractivity contribution in [2.24, 2.45) is 5.92 Å². The molecule has 0 saturated heterocycles. The van der Waals surface area contributed by atoms with Crippen molar-refractivity contribution < 1.29 is 0 Å². The van der Waals surface area contributed by atoms with Crippen molar-refractivity contribution in [2.75, 3.05) is 10.2 Å². The molecule has 3 aromatic heterocycles. The van der Waals surface area contributed by atoms with Crippen LogP contribution in [-0.2, 0) is 11.8 Å². The average Bonchev–Trinajstić information content (AvgIpc) is 3.85. The molecule has 244 valence electrons. The molecule has 1 unspecified atom stereocenters. The molecule has 0 amide bonds. The summed E-state index contributed by atoms with van der Waals surface area (Å²) in [5.74, 6) is 0.781. The molecule has 1 atom stereocenters. The minimum absolute atomic E-state index is 0.101. The highest BCUT2D eigenvalue weighted by molar-refractivity contribution is 7.25. The van der Waals surface area contributed by atoms with Crippen LogP contribution < -0.4 is 10.2 Å². The van der Waals surface area contributed by atoms with Crippen molar-refractivity contribution in [3.8, 4) is 11.1 Å². The van der Waals surface area contributed by atoms with E-state index in [2.05, 4.69) is 141 Å². The van der Waals surface area contributed by atoms with Crippen LogP contribution >= 0.6 is 11.3 Å². The van der Waals surface area contributed by atoms with E-state index in [9.17, 15) is 0 Å². The minimum atomic E-state index is -0.111. The quantitative estimate of drug-likeness (QED) is 0.200. The van der Waals surface area contributed by atoms with E-state index >= 15 is 0 Å². The van der Waals surface area contributed by atoms with Crippen molar-refractivity contribution in [3.05, 3.63) is 126 Å². The summed E-state index contributed by atoms with van der Waals surface area (Å²) in [6, 6.07) is 38.0. The summed E-state index contributed by atoms with van der Waals surface area (Å²) < 4.78 is 1.30. The first-order valence-electron chi connectivity index (χ1n) is 17.8. The second-order valence-corrected chi connectivity index (χ2v) is 16.1. The molecule has 1 aliphatic carbocycles. The highest BCUT2D eigenvalue weighted by Crippen LogP contribution is 2.53. The van der Waals surface area contributed by atoms with Gasteiger partial charge in [0.15, 0.2) is 0 Å². The lowest BCUT2D eigenvalue weighted by atomic mass is 9.83. The van der Waals surface area contributed by atoms with Crippen molar-refractivity contribution in [3.63, 3.8) is 0 Å². The molecule has 0 radical (unpaired) electrons. The molecule has 9 rings (SSSR count). The maximum absolute atomic E-state index is 5.27. The van der Waals surface area contributed by atoms with Gasteiger partial charge >= 0.3 is 0 Å². The number of thiophene rings is 1. The zero-order valence-corrected chi connectivity index (χ0v) is 29.6. The molecule has 0 spiro atoms. The summed E-state index contributed by atoms with van der Waals surface area (Å²) in [6.07, 6.45) is 6.39. The minimum Gasteiger partial charge on any atom is -0.359 e. The molecule has 4 nitrogen and oxygen atoms in total. The number of hydrogen-bond donors (Lipinski definition) is 1. The van der Waals surface area contributed by atoms with Crippen LogP contribution in [0.4, 0.5) is 17.1 Å². The number of nitrogens with zero attached hydrogens (tertiary/aromatic N) is 3. The second kappa shape index (κ2) is 11.7. The summed E-state index contributed by atoms with van der Waals surface area (Å²) in [7, 11) is 0. The Morgan fingerprint density at radius 2 is 1.59 bits per heavy atom. The number of rotatable bonds is 5. The molecule has 4 heterocycles. The van der Waals surface area contributed by atoms with Gasteiger partial charge in [0.1, 0.15) is 11.0 Å². The van der Waals surface area contributed by atoms with Gasteiger partial charge in [-0.25, -0.2) is 4.98 Å². The lowest BCUT2D eigenvalue weighted by Crippen LogP contribution is -2.27. The van der Waals surface area contributed by atoms with E-state index in [4.69, 9.17) is 9.97 Å². The van der Waals surface area contributed by atoms with Gasteiger partial charge < -0.3 is 10.2 Å². The first-order chi connectivity index (χ1) is 23.8. The van der Waals surface area contributed by atoms with Crippen molar-refractivity contribution in [1.29, 1.82) is 0 Å². The van der Waals surface area contributed by atoms with Crippen LogP contribution in [0.25, 0.3) is 42.3 Å². The Balaban J connectivity index is 1.24. The normalized spacial score (nSPS) is 16.6. The molecule has 1 fully saturated rings. The zero-order chi connectivity index (χ0) is 33.3. The Bertz CT molecular complexity index is 2360. The first-order valence-corrected chi connectivity index (χ1v) is 18.6. The number of aryl methyl sites for hydroxylation is 1. The summed E-state index contributed by atoms with van der Waals surface area (Å²) >= 11 is 1.85. The largest absolute Gasteiger partial charge is 0.359 e. The van der Waals surface area contributed by atoms with Gasteiger partial charge in [0.05, 0.1) is 16.9 Å². The van der Waals surface area contributed by atoms with E-state index in [0.717, 1.165) is 39.5 Å². The van der Waals surface area contributed by atoms with Gasteiger partial charge in [-0.2, -0.15) is 0 Å². The third-order valence-corrected chi connectivity index (χ3v) is 11.8. The van der Waals surface area contributed by atoms with E-state index in [-0.39, 0.29) is 11.6 Å². The van der Waals surface area contributed by atoms with E-state index in [1.165, 1.54) is 80.5 Å². The Morgan fingerprint density at radius 3 is 2.41 bits per heavy atom. The van der Waals surface area contributed by atoms with Gasteiger partial charge in [-0.1, -0.05) is 101 Å². The molecule has 5 heteroatoms. The zero-order valence-electron chi connectivity index (χ0n) is 28.8. The van der Waals surface area contributed by atoms with Crippen LogP contribution in [0.3, 0.4) is 0 Å². The van der Waals surface area contributed by atoms with E-state index in [1.54, 1.807) is 0 Å². The number of anilines is 3. The van der Waals surface area contributed by atoms with Gasteiger partial charge in [0, 0.05) is 43.5 Å². The predicted octanol–water partition coefficient (Wildman–Crippen LogP) is 12.3. The maximum Gasteiger partial charge on any atom is 0.132 e. The Morgan fingerprint density at radius 1 is 0.776 bits per heavy atom. The van der Waals surface area contributed by atoms with E-state index < -0.39 is 0 Å². The van der Waals surface area contributed by atoms with Gasteiger partial charge in [0.25, 0.3) is 0 Å². The molecule has 1 saturated carbocycles. The molecule has 1 N–H and O–H groups in total. The standard InChI is InChI=1S/C44H42N4S/c1-27-17-20-34-37(45-27)22-23-38-40(34)48(39-24-18-30(26-36(39)44(2,3)4)29-13-6-5-7-14-29)42(47-38)35-16-10-15-32-33-21-19-31(25-28-11-8-9-12-28)46-43(33)49-41(32)35/h5-7,10,13-24,26,28,42,47H,8-9,11-12,25H2,1-4H3. The van der Waals surface area contributed by atoms with Crippen LogP contribution in [0.5, 0.6) is 0 Å². The smallest absolute Gasteiger partial charge is 0.132 e. The topological polar surface area (TPSA) is 41.1 Å².